The fourth-order valence-electron chi connectivity index (χ4n) is 12.3. The van der Waals surface area contributed by atoms with E-state index >= 15 is 0 Å². The number of hydrogen-bond acceptors (Lipinski definition) is 29. The van der Waals surface area contributed by atoms with Gasteiger partial charge in [-0.25, -0.2) is 19.9 Å². The number of hydrogen-bond donors (Lipinski definition) is 7. The summed E-state index contributed by atoms with van der Waals surface area (Å²) in [5.74, 6) is -8.14. The average Bonchev–Trinajstić information content (AvgIpc) is 1.12. The number of nitrogens with two attached hydrogens (primary N) is 4. The average molecular weight is 1420 g/mol. The summed E-state index contributed by atoms with van der Waals surface area (Å²) in [4.78, 5) is 69.2. The summed E-state index contributed by atoms with van der Waals surface area (Å²) in [5.41, 5.74) is 20.6. The molecule has 9 aliphatic rings. The molecule has 1 aromatic carbocycles. The van der Waals surface area contributed by atoms with Gasteiger partial charge in [-0.15, -0.1) is 0 Å². The van der Waals surface area contributed by atoms with Gasteiger partial charge in [-0.3, -0.25) is 32.9 Å². The zero-order valence-corrected chi connectivity index (χ0v) is 56.3. The summed E-state index contributed by atoms with van der Waals surface area (Å²) in [6, 6.07) is 5.99. The fraction of sp³-hybridized carbons (Fsp3) is 0.614. The highest BCUT2D eigenvalue weighted by atomic mass is 32.2. The predicted molar refractivity (Wildman–Crippen MR) is 318 cm³/mol. The quantitative estimate of drug-likeness (QED) is 0.0531. The van der Waals surface area contributed by atoms with E-state index in [0.29, 0.717) is 5.88 Å². The largest absolute Gasteiger partial charge is 0.858 e. The third-order valence-electron chi connectivity index (χ3n) is 16.3. The van der Waals surface area contributed by atoms with Crippen LogP contribution in [0.4, 0.5) is 0 Å². The Balaban J connectivity index is 0.000000135. The van der Waals surface area contributed by atoms with Crippen LogP contribution in [-0.2, 0) is 76.0 Å². The molecule has 13 heterocycles. The molecule has 0 radical (unpaired) electrons. The number of primary amides is 4. The standard InChI is InChI=1S/C13H20N3O8P.C13H19N3O5.C12H17N3O6.C12H15N3O5.C7H8O3S/c1-13(2)23-8-6(4-21-25(3,19)20)22-12(9(8)24-13)16-5-15-7(10(14)17)11(16)18;1-4-6-8-9(21-13(2,3)20-8)12(19-6)16-5-15-7(10(14)17)11(16)18;1-12(2)20-7-5(3-16)19-11(8(7)21-12)15-4-14-6(9(13)17)10(15)18;1-12(2)19-7-5-3-17-10-6(9(13)16)14-4-15(10)11(18-5)8(7)20-12;1-6-2-4-7(5-3-6)11(8,9)10/h5-6,8-9,12,18H,4H2,1-3H3,(H2,14,17)(H,19,20);5-6,8-9,12,18H,4H2,1-3H3,(H2,14,17);4-5,7-8,11,16,18H,3H2,1-2H3,(H2,13,17);4-5,7-8,11H,3H2,1-2H3,(H2,13,16);2-5H,1H3,(H,8,9,10)/p-3/t2*6-,8-,9-,12-;2*5-,7-,8-,11-;/m1111./s1. The van der Waals surface area contributed by atoms with E-state index in [-0.39, 0.29) is 72.3 Å². The first-order chi connectivity index (χ1) is 45.6. The number of imidazole rings is 4. The van der Waals surface area contributed by atoms with E-state index in [2.05, 4.69) is 19.9 Å². The number of ether oxygens (including phenoxy) is 13. The molecule has 8 saturated heterocycles. The molecule has 4 aromatic heterocycles. The van der Waals surface area contributed by atoms with Crippen molar-refractivity contribution in [3.05, 3.63) is 77.9 Å². The van der Waals surface area contributed by atoms with Gasteiger partial charge < -0.3 is 128 Å². The van der Waals surface area contributed by atoms with Gasteiger partial charge in [0.05, 0.1) is 43.2 Å². The molecular formula is C57H76N12O27PS-3. The van der Waals surface area contributed by atoms with Crippen LogP contribution in [-0.4, -0.2) is 208 Å². The maximum atomic E-state index is 12.3. The third kappa shape index (κ3) is 15.2. The van der Waals surface area contributed by atoms with Crippen LogP contribution in [0, 0.1) is 6.92 Å². The van der Waals surface area contributed by atoms with Gasteiger partial charge in [0.15, 0.2) is 53.8 Å². The number of carbonyl (C=O) groups excluding carboxylic acids is 4. The molecule has 0 saturated carbocycles. The summed E-state index contributed by atoms with van der Waals surface area (Å²) in [6.07, 6.45) is -2.43. The van der Waals surface area contributed by atoms with Gasteiger partial charge in [0, 0.05) is 6.66 Å². The molecule has 2 bridgehead atoms. The molecule has 8 fully saturated rings. The van der Waals surface area contributed by atoms with Gasteiger partial charge in [0.2, 0.25) is 5.88 Å². The second-order valence-electron chi connectivity index (χ2n) is 25.5. The second-order valence-corrected chi connectivity index (χ2v) is 28.8. The van der Waals surface area contributed by atoms with E-state index in [9.17, 15) is 57.5 Å². The predicted octanol–water partition coefficient (Wildman–Crippen LogP) is -1.31. The molecule has 1 unspecified atom stereocenters. The van der Waals surface area contributed by atoms with Crippen LogP contribution < -0.4 is 43.0 Å². The Labute approximate surface area is 558 Å². The SMILES string of the molecule is CC1(C)O[C@@H]2[C@H](O1)[C@@H](CO)O[C@H]2n1cnc(C(N)=O)c1[O-].CC1(C)O[C@@H]2[C@H](O1)[C@@H](COP(C)(=O)O)O[C@H]2n1cnc(C(N)=O)c1[O-].CC1(C)O[C@@H]2[C@H](O1)[C@H]1COc3c(C(N)=O)ncn3[C@@H]2O1.CC[C@H]1O[C@@H](n2cnc(C(N)=O)c2[O-])[C@@H]2OC(C)(C)O[C@@H]21.Cc1ccc(S(=O)(=O)O)cc1. The molecule has 14 rings (SSSR count). The van der Waals surface area contributed by atoms with Gasteiger partial charge in [0.25, 0.3) is 33.7 Å². The number of nitrogens with zero attached hydrogens (tertiary/aromatic N) is 8. The maximum absolute atomic E-state index is 12.3. The van der Waals surface area contributed by atoms with Crippen LogP contribution in [0.5, 0.6) is 23.5 Å². The number of aryl methyl sites for hydroxylation is 1. The maximum Gasteiger partial charge on any atom is 0.325 e. The second kappa shape index (κ2) is 27.3. The Kier molecular flexibility index (Phi) is 20.5. The lowest BCUT2D eigenvalue weighted by Gasteiger charge is -2.26. The summed E-state index contributed by atoms with van der Waals surface area (Å²) >= 11 is 0. The molecule has 540 valence electrons. The van der Waals surface area contributed by atoms with Gasteiger partial charge in [-0.05, 0) is 98.5 Å². The molecule has 39 nitrogen and oxygen atoms in total. The molecule has 9 aliphatic heterocycles. The number of aromatic nitrogens is 8. The number of aliphatic hydroxyl groups excluding tert-OH is 1. The highest BCUT2D eigenvalue weighted by molar-refractivity contribution is 7.85. The number of aliphatic hydroxyl groups is 1. The van der Waals surface area contributed by atoms with Crippen molar-refractivity contribution < 1.29 is 128 Å². The van der Waals surface area contributed by atoms with Crippen molar-refractivity contribution in [2.45, 2.75) is 202 Å². The lowest BCUT2D eigenvalue weighted by molar-refractivity contribution is -0.286. The van der Waals surface area contributed by atoms with Crippen molar-refractivity contribution in [2.75, 3.05) is 26.5 Å². The van der Waals surface area contributed by atoms with Gasteiger partial charge in [-0.1, -0.05) is 24.6 Å². The molecule has 11 N–H and O–H groups in total. The monoisotopic (exact) mass is 1420 g/mol. The Morgan fingerprint density at radius 1 is 0.561 bits per heavy atom. The number of amides is 4. The van der Waals surface area contributed by atoms with Crippen LogP contribution >= 0.6 is 7.60 Å². The minimum Gasteiger partial charge on any atom is -0.858 e. The van der Waals surface area contributed by atoms with Crippen molar-refractivity contribution in [3.63, 3.8) is 0 Å². The van der Waals surface area contributed by atoms with Gasteiger partial charge in [0.1, 0.15) is 97.2 Å². The summed E-state index contributed by atoms with van der Waals surface area (Å²) in [7, 11) is -7.73. The normalized spacial score (nSPS) is 31.9. The van der Waals surface area contributed by atoms with Crippen LogP contribution in [0.15, 0.2) is 54.5 Å². The molecule has 98 heavy (non-hydrogen) atoms. The van der Waals surface area contributed by atoms with Crippen molar-refractivity contribution in [3.8, 4) is 23.5 Å². The Bertz CT molecular complexity index is 3850. The minimum atomic E-state index is -4.02. The number of carbonyl (C=O) groups is 4. The van der Waals surface area contributed by atoms with Crippen LogP contribution in [0.1, 0.15) is 141 Å². The fourth-order valence-corrected chi connectivity index (χ4v) is 13.2. The molecular weight excluding hydrogens is 1350 g/mol. The zero-order chi connectivity index (χ0) is 71.8. The van der Waals surface area contributed by atoms with Crippen LogP contribution in [0.3, 0.4) is 0 Å². The van der Waals surface area contributed by atoms with Gasteiger partial charge in [-0.2, -0.15) is 8.42 Å². The van der Waals surface area contributed by atoms with E-state index in [1.165, 1.54) is 35.7 Å². The first-order valence-corrected chi connectivity index (χ1v) is 33.8. The minimum absolute atomic E-state index is 0.0666. The van der Waals surface area contributed by atoms with Crippen molar-refractivity contribution >= 4 is 41.3 Å². The lowest BCUT2D eigenvalue weighted by Crippen LogP contribution is -2.35. The number of benzene rings is 1. The van der Waals surface area contributed by atoms with Crippen LogP contribution in [0.2, 0.25) is 0 Å². The lowest BCUT2D eigenvalue weighted by atomic mass is 10.1. The summed E-state index contributed by atoms with van der Waals surface area (Å²) in [6.45, 7) is 18.8. The van der Waals surface area contributed by atoms with Crippen molar-refractivity contribution in [2.24, 2.45) is 22.9 Å². The highest BCUT2D eigenvalue weighted by Gasteiger charge is 2.60. The van der Waals surface area contributed by atoms with Gasteiger partial charge >= 0.3 is 7.60 Å². The molecule has 17 atom stereocenters. The molecule has 0 aliphatic carbocycles. The third-order valence-corrected chi connectivity index (χ3v) is 17.8. The highest BCUT2D eigenvalue weighted by Crippen LogP contribution is 2.50. The first kappa shape index (κ1) is 73.4. The smallest absolute Gasteiger partial charge is 0.325 e. The molecule has 5 aromatic rings. The van der Waals surface area contributed by atoms with E-state index in [1.54, 1.807) is 44.4 Å². The molecule has 41 heteroatoms. The van der Waals surface area contributed by atoms with Crippen LogP contribution in [0.25, 0.3) is 0 Å². The molecule has 4 amide bonds. The summed E-state index contributed by atoms with van der Waals surface area (Å²) in [5, 5.41) is 45.9. The molecule has 0 spiro atoms. The number of rotatable bonds is 13. The first-order valence-electron chi connectivity index (χ1n) is 30.4. The van der Waals surface area contributed by atoms with E-state index in [0.717, 1.165) is 34.1 Å². The Morgan fingerprint density at radius 3 is 1.28 bits per heavy atom. The topological polar surface area (TPSA) is 554 Å². The van der Waals surface area contributed by atoms with Crippen molar-refractivity contribution in [1.29, 1.82) is 0 Å². The summed E-state index contributed by atoms with van der Waals surface area (Å²) < 4.78 is 126. The zero-order valence-electron chi connectivity index (χ0n) is 54.6. The van der Waals surface area contributed by atoms with E-state index < -0.39 is 155 Å². The Morgan fingerprint density at radius 2 is 0.898 bits per heavy atom. The van der Waals surface area contributed by atoms with E-state index in [1.807, 2.05) is 41.5 Å². The Hall–Kier alpha value is -7.32. The number of fused-ring (bicyclic) bond motifs is 10. The van der Waals surface area contributed by atoms with E-state index in [4.69, 9.17) is 93.6 Å². The van der Waals surface area contributed by atoms with Crippen molar-refractivity contribution in [1.82, 2.24) is 38.2 Å².